The Morgan fingerprint density at radius 1 is 1.07 bits per heavy atom. The summed E-state index contributed by atoms with van der Waals surface area (Å²) in [6.45, 7) is 3.44. The highest BCUT2D eigenvalue weighted by Gasteiger charge is 2.22. The van der Waals surface area contributed by atoms with E-state index in [9.17, 15) is 14.4 Å². The summed E-state index contributed by atoms with van der Waals surface area (Å²) in [6.07, 6.45) is 0.274. The molecule has 0 spiro atoms. The molecular weight excluding hydrogens is 384 g/mol. The highest BCUT2D eigenvalue weighted by Crippen LogP contribution is 2.22. The van der Waals surface area contributed by atoms with E-state index >= 15 is 0 Å². The summed E-state index contributed by atoms with van der Waals surface area (Å²) in [6, 6.07) is 13.6. The second kappa shape index (κ2) is 9.26. The summed E-state index contributed by atoms with van der Waals surface area (Å²) in [7, 11) is 1.26. The first-order valence-electron chi connectivity index (χ1n) is 9.56. The van der Waals surface area contributed by atoms with E-state index in [4.69, 9.17) is 9.47 Å². The summed E-state index contributed by atoms with van der Waals surface area (Å²) in [4.78, 5) is 39.9. The van der Waals surface area contributed by atoms with E-state index in [1.54, 1.807) is 18.2 Å². The van der Waals surface area contributed by atoms with Gasteiger partial charge < -0.3 is 19.8 Å². The second-order valence-electron chi connectivity index (χ2n) is 7.04. The van der Waals surface area contributed by atoms with Crippen LogP contribution < -0.4 is 5.32 Å². The minimum Gasteiger partial charge on any atom is -0.467 e. The molecule has 2 N–H and O–H groups in total. The zero-order chi connectivity index (χ0) is 21.7. The van der Waals surface area contributed by atoms with Crippen molar-refractivity contribution in [2.24, 2.45) is 0 Å². The molecule has 1 heterocycles. The van der Waals surface area contributed by atoms with Crippen LogP contribution in [0.15, 0.2) is 48.5 Å². The van der Waals surface area contributed by atoms with Gasteiger partial charge in [0, 0.05) is 23.0 Å². The standard InChI is InChI=1S/C23H24N2O5/c1-14-15(2)24-19-10-9-17(12-18(14)19)22(27)30-13-21(26)25-20(23(28)29-3)11-16-7-5-4-6-8-16/h4-10,12,20,24H,11,13H2,1-3H3,(H,25,26)/t20-/m0/s1. The third-order valence-corrected chi connectivity index (χ3v) is 4.98. The van der Waals surface area contributed by atoms with E-state index in [0.717, 1.165) is 27.7 Å². The number of H-pyrrole nitrogens is 1. The van der Waals surface area contributed by atoms with Crippen molar-refractivity contribution in [3.63, 3.8) is 0 Å². The first-order chi connectivity index (χ1) is 14.4. The Morgan fingerprint density at radius 3 is 2.50 bits per heavy atom. The number of hydrogen-bond donors (Lipinski definition) is 2. The highest BCUT2D eigenvalue weighted by molar-refractivity contribution is 5.97. The maximum Gasteiger partial charge on any atom is 0.338 e. The van der Waals surface area contributed by atoms with Gasteiger partial charge in [0.1, 0.15) is 6.04 Å². The molecule has 7 nitrogen and oxygen atoms in total. The van der Waals surface area contributed by atoms with Gasteiger partial charge in [-0.3, -0.25) is 4.79 Å². The molecule has 0 aliphatic carbocycles. The molecule has 7 heteroatoms. The van der Waals surface area contributed by atoms with E-state index in [1.807, 2.05) is 44.2 Å². The van der Waals surface area contributed by atoms with Gasteiger partial charge in [-0.25, -0.2) is 9.59 Å². The van der Waals surface area contributed by atoms with Crippen LogP contribution in [-0.2, 0) is 25.5 Å². The number of aromatic nitrogens is 1. The lowest BCUT2D eigenvalue weighted by molar-refractivity contribution is -0.145. The number of aromatic amines is 1. The van der Waals surface area contributed by atoms with Gasteiger partial charge in [0.25, 0.3) is 5.91 Å². The van der Waals surface area contributed by atoms with Crippen LogP contribution in [0.25, 0.3) is 10.9 Å². The van der Waals surface area contributed by atoms with Gasteiger partial charge in [-0.05, 0) is 43.2 Å². The summed E-state index contributed by atoms with van der Waals surface area (Å²) in [5.41, 5.74) is 4.24. The lowest BCUT2D eigenvalue weighted by Crippen LogP contribution is -2.44. The van der Waals surface area contributed by atoms with Crippen molar-refractivity contribution in [3.8, 4) is 0 Å². The summed E-state index contributed by atoms with van der Waals surface area (Å²) in [5.74, 6) is -1.75. The predicted octanol–water partition coefficient (Wildman–Crippen LogP) is 2.84. The fourth-order valence-corrected chi connectivity index (χ4v) is 3.22. The van der Waals surface area contributed by atoms with Crippen molar-refractivity contribution in [2.75, 3.05) is 13.7 Å². The molecule has 0 fully saturated rings. The van der Waals surface area contributed by atoms with E-state index in [2.05, 4.69) is 10.3 Å². The molecular formula is C23H24N2O5. The molecule has 0 aliphatic heterocycles. The van der Waals surface area contributed by atoms with Crippen LogP contribution in [0.4, 0.5) is 0 Å². The third-order valence-electron chi connectivity index (χ3n) is 4.98. The zero-order valence-corrected chi connectivity index (χ0v) is 17.2. The Balaban J connectivity index is 1.61. The Hall–Kier alpha value is -3.61. The van der Waals surface area contributed by atoms with Crippen molar-refractivity contribution in [3.05, 3.63) is 70.9 Å². The van der Waals surface area contributed by atoms with Gasteiger partial charge in [0.2, 0.25) is 0 Å². The van der Waals surface area contributed by atoms with Gasteiger partial charge in [-0.1, -0.05) is 30.3 Å². The number of methoxy groups -OCH3 is 1. The number of rotatable bonds is 7. The maximum absolute atomic E-state index is 12.4. The average Bonchev–Trinajstić information content (AvgIpc) is 3.04. The smallest absolute Gasteiger partial charge is 0.338 e. The van der Waals surface area contributed by atoms with Crippen molar-refractivity contribution in [1.82, 2.24) is 10.3 Å². The first kappa shape index (κ1) is 21.1. The Bertz CT molecular complexity index is 1070. The molecule has 1 amide bonds. The number of carbonyl (C=O) groups is 3. The molecule has 0 aliphatic rings. The maximum atomic E-state index is 12.4. The SMILES string of the molecule is COC(=O)[C@H](Cc1ccccc1)NC(=O)COC(=O)c1ccc2[nH]c(C)c(C)c2c1. The molecule has 156 valence electrons. The normalized spacial score (nSPS) is 11.7. The first-order valence-corrected chi connectivity index (χ1v) is 9.56. The quantitative estimate of drug-likeness (QED) is 0.586. The van der Waals surface area contributed by atoms with E-state index in [-0.39, 0.29) is 6.42 Å². The fraction of sp³-hybridized carbons (Fsp3) is 0.261. The number of nitrogens with one attached hydrogen (secondary N) is 2. The number of hydrogen-bond acceptors (Lipinski definition) is 5. The predicted molar refractivity (Wildman–Crippen MR) is 112 cm³/mol. The average molecular weight is 408 g/mol. The molecule has 3 aromatic rings. The minimum absolute atomic E-state index is 0.274. The van der Waals surface area contributed by atoms with Crippen LogP contribution in [0.5, 0.6) is 0 Å². The van der Waals surface area contributed by atoms with Crippen molar-refractivity contribution in [2.45, 2.75) is 26.3 Å². The molecule has 2 aromatic carbocycles. The van der Waals surface area contributed by atoms with Gasteiger partial charge >= 0.3 is 11.9 Å². The topological polar surface area (TPSA) is 97.5 Å². The van der Waals surface area contributed by atoms with Gasteiger partial charge in [0.05, 0.1) is 12.7 Å². The minimum atomic E-state index is -0.870. The van der Waals surface area contributed by atoms with Crippen LogP contribution >= 0.6 is 0 Å². The molecule has 0 saturated carbocycles. The van der Waals surface area contributed by atoms with Gasteiger partial charge in [-0.15, -0.1) is 0 Å². The number of aryl methyl sites for hydroxylation is 2. The molecule has 3 rings (SSSR count). The molecule has 0 radical (unpaired) electrons. The lowest BCUT2D eigenvalue weighted by atomic mass is 10.1. The monoisotopic (exact) mass is 408 g/mol. The van der Waals surface area contributed by atoms with E-state index in [1.165, 1.54) is 7.11 Å². The zero-order valence-electron chi connectivity index (χ0n) is 17.2. The second-order valence-corrected chi connectivity index (χ2v) is 7.04. The third kappa shape index (κ3) is 4.86. The van der Waals surface area contributed by atoms with E-state index in [0.29, 0.717) is 5.56 Å². The van der Waals surface area contributed by atoms with Gasteiger partial charge in [-0.2, -0.15) is 0 Å². The molecule has 0 saturated heterocycles. The molecule has 1 aromatic heterocycles. The summed E-state index contributed by atoms with van der Waals surface area (Å²) >= 11 is 0. The molecule has 1 atom stereocenters. The van der Waals surface area contributed by atoms with Crippen LogP contribution in [0.1, 0.15) is 27.2 Å². The number of fused-ring (bicyclic) bond motifs is 1. The fourth-order valence-electron chi connectivity index (χ4n) is 3.22. The Kier molecular flexibility index (Phi) is 6.51. The van der Waals surface area contributed by atoms with Crippen molar-refractivity contribution >= 4 is 28.7 Å². The lowest BCUT2D eigenvalue weighted by Gasteiger charge is -2.16. The molecule has 0 bridgehead atoms. The Morgan fingerprint density at radius 2 is 1.80 bits per heavy atom. The van der Waals surface area contributed by atoms with Crippen molar-refractivity contribution < 1.29 is 23.9 Å². The number of ether oxygens (including phenoxy) is 2. The molecule has 0 unspecified atom stereocenters. The summed E-state index contributed by atoms with van der Waals surface area (Å²) < 4.78 is 9.91. The highest BCUT2D eigenvalue weighted by atomic mass is 16.5. The van der Waals surface area contributed by atoms with E-state index < -0.39 is 30.5 Å². The van der Waals surface area contributed by atoms with Crippen LogP contribution in [0, 0.1) is 13.8 Å². The molecule has 30 heavy (non-hydrogen) atoms. The number of carbonyl (C=O) groups excluding carboxylic acids is 3. The Labute approximate surface area is 174 Å². The summed E-state index contributed by atoms with van der Waals surface area (Å²) in [5, 5.41) is 3.50. The number of benzene rings is 2. The number of amides is 1. The van der Waals surface area contributed by atoms with Crippen molar-refractivity contribution in [1.29, 1.82) is 0 Å². The van der Waals surface area contributed by atoms with Crippen LogP contribution in [0.3, 0.4) is 0 Å². The van der Waals surface area contributed by atoms with Gasteiger partial charge in [0.15, 0.2) is 6.61 Å². The largest absolute Gasteiger partial charge is 0.467 e. The van der Waals surface area contributed by atoms with Crippen LogP contribution in [-0.4, -0.2) is 42.6 Å². The number of esters is 2. The van der Waals surface area contributed by atoms with Crippen LogP contribution in [0.2, 0.25) is 0 Å².